The Labute approximate surface area is 67.6 Å². The number of rotatable bonds is 2. The summed E-state index contributed by atoms with van der Waals surface area (Å²) in [5.74, 6) is 1.19. The minimum absolute atomic E-state index is 0.166. The summed E-state index contributed by atoms with van der Waals surface area (Å²) in [6.45, 7) is -0.166. The molecule has 2 heterocycles. The van der Waals surface area contributed by atoms with Gasteiger partial charge in [-0.15, -0.1) is 0 Å². The van der Waals surface area contributed by atoms with E-state index >= 15 is 0 Å². The van der Waals surface area contributed by atoms with Gasteiger partial charge in [0.05, 0.1) is 12.4 Å². The Balaban J connectivity index is 2.35. The molecule has 12 heavy (non-hydrogen) atoms. The van der Waals surface area contributed by atoms with Gasteiger partial charge in [0.15, 0.2) is 0 Å². The van der Waals surface area contributed by atoms with Gasteiger partial charge in [-0.05, 0) is 0 Å². The molecule has 0 spiro atoms. The van der Waals surface area contributed by atoms with Crippen molar-refractivity contribution in [1.82, 2.24) is 10.1 Å². The van der Waals surface area contributed by atoms with Crippen molar-refractivity contribution in [3.8, 4) is 11.7 Å². The summed E-state index contributed by atoms with van der Waals surface area (Å²) >= 11 is 0. The molecule has 0 unspecified atom stereocenters. The van der Waals surface area contributed by atoms with E-state index in [2.05, 4.69) is 10.1 Å². The monoisotopic (exact) mass is 166 g/mol. The molecule has 0 amide bonds. The second-order valence-electron chi connectivity index (χ2n) is 2.17. The van der Waals surface area contributed by atoms with Crippen molar-refractivity contribution < 1.29 is 14.0 Å². The first-order valence-corrected chi connectivity index (χ1v) is 3.37. The normalized spacial score (nSPS) is 10.4. The molecule has 0 radical (unpaired) electrons. The van der Waals surface area contributed by atoms with Crippen molar-refractivity contribution >= 4 is 0 Å². The lowest BCUT2D eigenvalue weighted by Crippen LogP contribution is -1.73. The van der Waals surface area contributed by atoms with E-state index in [9.17, 15) is 0 Å². The predicted molar refractivity (Wildman–Crippen MR) is 37.9 cm³/mol. The van der Waals surface area contributed by atoms with Gasteiger partial charge >= 0.3 is 0 Å². The van der Waals surface area contributed by atoms with Gasteiger partial charge < -0.3 is 14.0 Å². The van der Waals surface area contributed by atoms with E-state index in [-0.39, 0.29) is 6.61 Å². The highest BCUT2D eigenvalue weighted by Crippen LogP contribution is 2.17. The first-order valence-electron chi connectivity index (χ1n) is 3.37. The Hall–Kier alpha value is -1.62. The molecule has 0 aliphatic carbocycles. The van der Waals surface area contributed by atoms with E-state index in [1.165, 1.54) is 12.4 Å². The van der Waals surface area contributed by atoms with Gasteiger partial charge in [-0.3, -0.25) is 0 Å². The van der Waals surface area contributed by atoms with Crippen LogP contribution in [-0.2, 0) is 6.61 Å². The zero-order valence-corrected chi connectivity index (χ0v) is 6.10. The third kappa shape index (κ3) is 1.10. The lowest BCUT2D eigenvalue weighted by Gasteiger charge is -1.85. The number of aromatic nitrogens is 2. The summed E-state index contributed by atoms with van der Waals surface area (Å²) in [5.41, 5.74) is 0. The number of aliphatic hydroxyl groups is 1. The van der Waals surface area contributed by atoms with Crippen molar-refractivity contribution in [1.29, 1.82) is 0 Å². The highest BCUT2D eigenvalue weighted by molar-refractivity contribution is 5.42. The Morgan fingerprint density at radius 3 is 3.00 bits per heavy atom. The van der Waals surface area contributed by atoms with Crippen LogP contribution in [-0.4, -0.2) is 15.2 Å². The maximum atomic E-state index is 8.67. The van der Waals surface area contributed by atoms with Crippen LogP contribution in [0.1, 0.15) is 5.76 Å². The van der Waals surface area contributed by atoms with E-state index in [0.717, 1.165) is 0 Å². The van der Waals surface area contributed by atoms with Crippen LogP contribution in [0.2, 0.25) is 0 Å². The van der Waals surface area contributed by atoms with E-state index in [4.69, 9.17) is 14.0 Å². The minimum atomic E-state index is -0.166. The van der Waals surface area contributed by atoms with Crippen LogP contribution in [0.4, 0.5) is 0 Å². The topological polar surface area (TPSA) is 72.3 Å². The largest absolute Gasteiger partial charge is 0.436 e. The summed E-state index contributed by atoms with van der Waals surface area (Å²) in [6, 6.07) is 1.63. The molecule has 1 N–H and O–H groups in total. The molecule has 5 nitrogen and oxygen atoms in total. The second-order valence-corrected chi connectivity index (χ2v) is 2.17. The fraction of sp³-hybridized carbons (Fsp3) is 0.143. The molecule has 2 rings (SSSR count). The first-order chi connectivity index (χ1) is 5.90. The number of hydrogen-bond donors (Lipinski definition) is 1. The van der Waals surface area contributed by atoms with Crippen LogP contribution in [0.5, 0.6) is 0 Å². The molecule has 0 saturated heterocycles. The molecule has 62 valence electrons. The molecule has 0 aliphatic heterocycles. The van der Waals surface area contributed by atoms with Crippen LogP contribution in [0.15, 0.2) is 27.4 Å². The van der Waals surface area contributed by atoms with E-state index in [0.29, 0.717) is 17.4 Å². The molecule has 0 aromatic carbocycles. The molecule has 0 bridgehead atoms. The van der Waals surface area contributed by atoms with Crippen molar-refractivity contribution in [2.45, 2.75) is 6.61 Å². The summed E-state index contributed by atoms with van der Waals surface area (Å²) in [4.78, 5) is 3.87. The summed E-state index contributed by atoms with van der Waals surface area (Å²) in [5, 5.41) is 12.2. The van der Waals surface area contributed by atoms with Gasteiger partial charge in [-0.25, -0.2) is 4.98 Å². The Morgan fingerprint density at radius 2 is 2.42 bits per heavy atom. The number of nitrogens with zero attached hydrogens (tertiary/aromatic N) is 2. The Morgan fingerprint density at radius 1 is 1.50 bits per heavy atom. The van der Waals surface area contributed by atoms with Gasteiger partial charge in [-0.1, -0.05) is 5.16 Å². The molecule has 0 atom stereocenters. The molecule has 0 fully saturated rings. The zero-order valence-electron chi connectivity index (χ0n) is 6.10. The standard InChI is InChI=1S/C7H6N2O3/c10-4-5-3-8-7(11-5)6-1-2-9-12-6/h1-3,10H,4H2. The van der Waals surface area contributed by atoms with Crippen LogP contribution in [0, 0.1) is 0 Å². The van der Waals surface area contributed by atoms with E-state index < -0.39 is 0 Å². The number of oxazole rings is 1. The van der Waals surface area contributed by atoms with Gasteiger partial charge in [0.1, 0.15) is 12.4 Å². The molecule has 2 aromatic rings. The molecular weight excluding hydrogens is 160 g/mol. The SMILES string of the molecule is OCc1cnc(-c2ccno2)o1. The molecule has 5 heteroatoms. The minimum Gasteiger partial charge on any atom is -0.436 e. The number of hydrogen-bond acceptors (Lipinski definition) is 5. The molecule has 2 aromatic heterocycles. The van der Waals surface area contributed by atoms with E-state index in [1.54, 1.807) is 6.07 Å². The van der Waals surface area contributed by atoms with Gasteiger partial charge in [0.25, 0.3) is 5.89 Å². The van der Waals surface area contributed by atoms with Crippen LogP contribution < -0.4 is 0 Å². The average Bonchev–Trinajstić information content (AvgIpc) is 2.75. The maximum absolute atomic E-state index is 8.67. The fourth-order valence-electron chi connectivity index (χ4n) is 0.821. The Bertz CT molecular complexity index is 352. The van der Waals surface area contributed by atoms with Crippen molar-refractivity contribution in [3.63, 3.8) is 0 Å². The van der Waals surface area contributed by atoms with Crippen molar-refractivity contribution in [2.24, 2.45) is 0 Å². The number of aliphatic hydroxyl groups excluding tert-OH is 1. The van der Waals surface area contributed by atoms with Gasteiger partial charge in [0.2, 0.25) is 5.76 Å². The van der Waals surface area contributed by atoms with Crippen molar-refractivity contribution in [2.75, 3.05) is 0 Å². The molecular formula is C7H6N2O3. The smallest absolute Gasteiger partial charge is 0.266 e. The summed E-state index contributed by atoms with van der Waals surface area (Å²) < 4.78 is 9.87. The van der Waals surface area contributed by atoms with E-state index in [1.807, 2.05) is 0 Å². The highest BCUT2D eigenvalue weighted by atomic mass is 16.5. The average molecular weight is 166 g/mol. The summed E-state index contributed by atoms with van der Waals surface area (Å²) in [7, 11) is 0. The third-order valence-electron chi connectivity index (χ3n) is 1.36. The molecule has 0 saturated carbocycles. The quantitative estimate of drug-likeness (QED) is 0.715. The highest BCUT2D eigenvalue weighted by Gasteiger charge is 2.08. The lowest BCUT2D eigenvalue weighted by molar-refractivity contribution is 0.247. The fourth-order valence-corrected chi connectivity index (χ4v) is 0.821. The van der Waals surface area contributed by atoms with Gasteiger partial charge in [-0.2, -0.15) is 0 Å². The predicted octanol–water partition coefficient (Wildman–Crippen LogP) is 0.822. The summed E-state index contributed by atoms with van der Waals surface area (Å²) in [6.07, 6.45) is 2.94. The first kappa shape index (κ1) is 7.05. The third-order valence-corrected chi connectivity index (χ3v) is 1.36. The lowest BCUT2D eigenvalue weighted by atomic mass is 10.5. The van der Waals surface area contributed by atoms with Crippen LogP contribution in [0.3, 0.4) is 0 Å². The van der Waals surface area contributed by atoms with Crippen LogP contribution in [0.25, 0.3) is 11.7 Å². The Kier molecular flexibility index (Phi) is 1.64. The van der Waals surface area contributed by atoms with Crippen molar-refractivity contribution in [3.05, 3.63) is 24.2 Å². The van der Waals surface area contributed by atoms with Gasteiger partial charge in [0, 0.05) is 6.07 Å². The van der Waals surface area contributed by atoms with Crippen LogP contribution >= 0.6 is 0 Å². The molecule has 0 aliphatic rings. The maximum Gasteiger partial charge on any atom is 0.266 e. The zero-order chi connectivity index (χ0) is 8.39. The second kappa shape index (κ2) is 2.78.